The molecule has 0 aliphatic carbocycles. The Kier molecular flexibility index (Phi) is 6.91. The summed E-state index contributed by atoms with van der Waals surface area (Å²) < 4.78 is 10.9. The number of carbonyl (C=O) groups is 1. The standard InChI is InChI=1S/C25H29N3O4/c1-17-14-22(18-8-12-31-13-9-18)32-25(30)23(17)24(29)27-20-6-7-21(19(15-20)16-26)28-10-4-2-3-5-11-28/h6-7,14-15,18H,2-5,8-13H2,1H3,(H,27,29). The van der Waals surface area contributed by atoms with Crippen molar-refractivity contribution in [3.05, 3.63) is 57.1 Å². The van der Waals surface area contributed by atoms with Crippen molar-refractivity contribution in [2.75, 3.05) is 36.5 Å². The van der Waals surface area contributed by atoms with Gasteiger partial charge in [0.1, 0.15) is 17.4 Å². The van der Waals surface area contributed by atoms with Crippen LogP contribution in [0.15, 0.2) is 33.5 Å². The Bertz CT molecular complexity index is 1070. The monoisotopic (exact) mass is 435 g/mol. The topological polar surface area (TPSA) is 95.6 Å². The second kappa shape index (κ2) is 10.0. The van der Waals surface area contributed by atoms with Gasteiger partial charge in [-0.15, -0.1) is 0 Å². The van der Waals surface area contributed by atoms with Crippen LogP contribution in [0.2, 0.25) is 0 Å². The highest BCUT2D eigenvalue weighted by molar-refractivity contribution is 6.05. The van der Waals surface area contributed by atoms with Crippen molar-refractivity contribution in [3.63, 3.8) is 0 Å². The lowest BCUT2D eigenvalue weighted by Crippen LogP contribution is -2.25. The molecule has 2 aromatic rings. The molecule has 32 heavy (non-hydrogen) atoms. The highest BCUT2D eigenvalue weighted by Crippen LogP contribution is 2.28. The molecule has 168 valence electrons. The number of amides is 1. The SMILES string of the molecule is Cc1cc(C2CCOCC2)oc(=O)c1C(=O)Nc1ccc(N2CCCCCC2)c(C#N)c1. The van der Waals surface area contributed by atoms with Crippen LogP contribution in [-0.4, -0.2) is 32.2 Å². The Morgan fingerprint density at radius 1 is 1.12 bits per heavy atom. The van der Waals surface area contributed by atoms with Crippen LogP contribution in [0.1, 0.15) is 71.7 Å². The zero-order valence-electron chi connectivity index (χ0n) is 18.5. The summed E-state index contributed by atoms with van der Waals surface area (Å²) >= 11 is 0. The van der Waals surface area contributed by atoms with Gasteiger partial charge in [-0.2, -0.15) is 5.26 Å². The van der Waals surface area contributed by atoms with E-state index in [0.717, 1.165) is 44.5 Å². The number of rotatable bonds is 4. The van der Waals surface area contributed by atoms with E-state index >= 15 is 0 Å². The van der Waals surface area contributed by atoms with Gasteiger partial charge in [0.05, 0.1) is 11.3 Å². The molecule has 0 bridgehead atoms. The van der Waals surface area contributed by atoms with Gasteiger partial charge in [-0.1, -0.05) is 12.8 Å². The molecule has 1 amide bonds. The smallest absolute Gasteiger partial charge is 0.349 e. The van der Waals surface area contributed by atoms with Crippen molar-refractivity contribution in [2.24, 2.45) is 0 Å². The number of nitriles is 1. The first-order valence-corrected chi connectivity index (χ1v) is 11.4. The van der Waals surface area contributed by atoms with Gasteiger partial charge >= 0.3 is 5.63 Å². The number of nitrogens with one attached hydrogen (secondary N) is 1. The number of carbonyl (C=O) groups excluding carboxylic acids is 1. The van der Waals surface area contributed by atoms with Crippen molar-refractivity contribution in [1.29, 1.82) is 5.26 Å². The first kappa shape index (κ1) is 22.1. The summed E-state index contributed by atoms with van der Waals surface area (Å²) in [5, 5.41) is 12.4. The van der Waals surface area contributed by atoms with Crippen molar-refractivity contribution < 1.29 is 13.9 Å². The molecule has 1 N–H and O–H groups in total. The van der Waals surface area contributed by atoms with Crippen molar-refractivity contribution in [2.45, 2.75) is 51.4 Å². The lowest BCUT2D eigenvalue weighted by Gasteiger charge is -2.24. The number of aryl methyl sites for hydroxylation is 1. The van der Waals surface area contributed by atoms with Gasteiger partial charge < -0.3 is 19.4 Å². The molecule has 2 fully saturated rings. The molecule has 7 heteroatoms. The second-order valence-corrected chi connectivity index (χ2v) is 8.58. The largest absolute Gasteiger partial charge is 0.427 e. The summed E-state index contributed by atoms with van der Waals surface area (Å²) in [6.45, 7) is 4.90. The van der Waals surface area contributed by atoms with E-state index in [1.165, 1.54) is 12.8 Å². The van der Waals surface area contributed by atoms with E-state index in [9.17, 15) is 14.9 Å². The molecule has 1 aromatic heterocycles. The van der Waals surface area contributed by atoms with E-state index in [4.69, 9.17) is 9.15 Å². The van der Waals surface area contributed by atoms with Gasteiger partial charge in [0.2, 0.25) is 0 Å². The zero-order chi connectivity index (χ0) is 22.5. The van der Waals surface area contributed by atoms with Crippen LogP contribution >= 0.6 is 0 Å². The third kappa shape index (κ3) is 4.86. The molecule has 0 saturated carbocycles. The summed E-state index contributed by atoms with van der Waals surface area (Å²) in [5.41, 5.74) is 1.84. The van der Waals surface area contributed by atoms with Crippen LogP contribution in [0.4, 0.5) is 11.4 Å². The molecule has 0 unspecified atom stereocenters. The number of anilines is 2. The minimum Gasteiger partial charge on any atom is -0.427 e. The van der Waals surface area contributed by atoms with E-state index in [0.29, 0.717) is 35.8 Å². The fourth-order valence-corrected chi connectivity index (χ4v) is 4.57. The number of hydrogen-bond acceptors (Lipinski definition) is 6. The molecule has 2 aliphatic heterocycles. The molecule has 3 heterocycles. The van der Waals surface area contributed by atoms with Crippen LogP contribution in [0.5, 0.6) is 0 Å². The average Bonchev–Trinajstić information content (AvgIpc) is 3.08. The van der Waals surface area contributed by atoms with Gasteiger partial charge in [-0.05, 0) is 62.4 Å². The predicted octanol–water partition coefficient (Wildman–Crippen LogP) is 4.35. The fraction of sp³-hybridized carbons (Fsp3) is 0.480. The molecular formula is C25H29N3O4. The summed E-state index contributed by atoms with van der Waals surface area (Å²) in [6.07, 6.45) is 6.25. The number of ether oxygens (including phenoxy) is 1. The minimum atomic E-state index is -0.634. The molecule has 7 nitrogen and oxygen atoms in total. The lowest BCUT2D eigenvalue weighted by atomic mass is 9.95. The average molecular weight is 436 g/mol. The summed E-state index contributed by atoms with van der Waals surface area (Å²) in [4.78, 5) is 27.8. The Labute approximate surface area is 188 Å². The quantitative estimate of drug-likeness (QED) is 0.767. The number of hydrogen-bond donors (Lipinski definition) is 1. The molecule has 2 saturated heterocycles. The van der Waals surface area contributed by atoms with Crippen molar-refractivity contribution in [3.8, 4) is 6.07 Å². The first-order chi connectivity index (χ1) is 15.6. The third-order valence-electron chi connectivity index (χ3n) is 6.34. The Morgan fingerprint density at radius 2 is 1.84 bits per heavy atom. The lowest BCUT2D eigenvalue weighted by molar-refractivity contribution is 0.0796. The van der Waals surface area contributed by atoms with E-state index in [1.54, 1.807) is 25.1 Å². The Balaban J connectivity index is 1.53. The van der Waals surface area contributed by atoms with Gasteiger partial charge in [0, 0.05) is 37.9 Å². The van der Waals surface area contributed by atoms with Gasteiger partial charge in [0.25, 0.3) is 5.91 Å². The Hall–Kier alpha value is -3.11. The minimum absolute atomic E-state index is 0.00379. The molecule has 0 atom stereocenters. The molecular weight excluding hydrogens is 406 g/mol. The van der Waals surface area contributed by atoms with Crippen LogP contribution in [0, 0.1) is 18.3 Å². The van der Waals surface area contributed by atoms with E-state index in [-0.39, 0.29) is 11.5 Å². The molecule has 0 spiro atoms. The van der Waals surface area contributed by atoms with E-state index < -0.39 is 11.5 Å². The Morgan fingerprint density at radius 3 is 2.50 bits per heavy atom. The number of benzene rings is 1. The first-order valence-electron chi connectivity index (χ1n) is 11.4. The molecule has 2 aliphatic rings. The summed E-state index contributed by atoms with van der Waals surface area (Å²) in [7, 11) is 0. The third-order valence-corrected chi connectivity index (χ3v) is 6.34. The normalized spacial score (nSPS) is 17.4. The summed E-state index contributed by atoms with van der Waals surface area (Å²) in [5.74, 6) is 0.221. The number of nitrogens with zero attached hydrogens (tertiary/aromatic N) is 2. The van der Waals surface area contributed by atoms with Crippen LogP contribution in [0.25, 0.3) is 0 Å². The van der Waals surface area contributed by atoms with E-state index in [1.807, 2.05) is 6.07 Å². The van der Waals surface area contributed by atoms with Crippen molar-refractivity contribution >= 4 is 17.3 Å². The maximum absolute atomic E-state index is 12.9. The van der Waals surface area contributed by atoms with Gasteiger partial charge in [-0.3, -0.25) is 4.79 Å². The van der Waals surface area contributed by atoms with Crippen LogP contribution in [-0.2, 0) is 4.74 Å². The molecule has 0 radical (unpaired) electrons. The van der Waals surface area contributed by atoms with Gasteiger partial charge in [0.15, 0.2) is 0 Å². The fourth-order valence-electron chi connectivity index (χ4n) is 4.57. The van der Waals surface area contributed by atoms with Gasteiger partial charge in [-0.25, -0.2) is 4.79 Å². The molecule has 4 rings (SSSR count). The van der Waals surface area contributed by atoms with Crippen LogP contribution < -0.4 is 15.8 Å². The highest BCUT2D eigenvalue weighted by Gasteiger charge is 2.23. The zero-order valence-corrected chi connectivity index (χ0v) is 18.5. The van der Waals surface area contributed by atoms with Crippen molar-refractivity contribution in [1.82, 2.24) is 0 Å². The predicted molar refractivity (Wildman–Crippen MR) is 122 cm³/mol. The second-order valence-electron chi connectivity index (χ2n) is 8.58. The maximum atomic E-state index is 12.9. The maximum Gasteiger partial charge on any atom is 0.349 e. The van der Waals surface area contributed by atoms with Crippen LogP contribution in [0.3, 0.4) is 0 Å². The summed E-state index contributed by atoms with van der Waals surface area (Å²) in [6, 6.07) is 9.37. The van der Waals surface area contributed by atoms with E-state index in [2.05, 4.69) is 16.3 Å². The molecule has 1 aromatic carbocycles. The highest BCUT2D eigenvalue weighted by atomic mass is 16.5.